The third kappa shape index (κ3) is 4.29. The van der Waals surface area contributed by atoms with Crippen molar-refractivity contribution in [3.8, 4) is 0 Å². The lowest BCUT2D eigenvalue weighted by molar-refractivity contribution is 0.123. The highest BCUT2D eigenvalue weighted by atomic mass is 15.2. The highest BCUT2D eigenvalue weighted by molar-refractivity contribution is 5.25. The van der Waals surface area contributed by atoms with E-state index >= 15 is 0 Å². The highest BCUT2D eigenvalue weighted by Gasteiger charge is 2.30. The molecule has 1 fully saturated rings. The van der Waals surface area contributed by atoms with E-state index in [4.69, 9.17) is 0 Å². The lowest BCUT2D eigenvalue weighted by Gasteiger charge is -2.40. The van der Waals surface area contributed by atoms with E-state index in [1.807, 2.05) is 0 Å². The monoisotopic (exact) mass is 289 g/mol. The number of nitrogens with zero attached hydrogens (tertiary/aromatic N) is 2. The third-order valence-electron chi connectivity index (χ3n) is 4.90. The zero-order valence-electron chi connectivity index (χ0n) is 14.1. The molecular weight excluding hydrogens is 258 g/mol. The van der Waals surface area contributed by atoms with Gasteiger partial charge in [-0.05, 0) is 52.6 Å². The maximum absolute atomic E-state index is 3.39. The fourth-order valence-corrected chi connectivity index (χ4v) is 3.57. The molecule has 0 saturated carbocycles. The molecule has 1 aromatic carbocycles. The summed E-state index contributed by atoms with van der Waals surface area (Å²) in [6.45, 7) is 6.98. The topological polar surface area (TPSA) is 18.5 Å². The second-order valence-corrected chi connectivity index (χ2v) is 6.93. The van der Waals surface area contributed by atoms with E-state index in [2.05, 4.69) is 73.5 Å². The molecule has 1 unspecified atom stereocenters. The Bertz CT molecular complexity index is 410. The number of hydrogen-bond acceptors (Lipinski definition) is 3. The SMILES string of the molecule is CNCC(C)(CN1CCC(N(C)C)CC1)c1ccccc1. The molecule has 0 bridgehead atoms. The summed E-state index contributed by atoms with van der Waals surface area (Å²) < 4.78 is 0. The average Bonchev–Trinajstić information content (AvgIpc) is 2.49. The van der Waals surface area contributed by atoms with Crippen molar-refractivity contribution in [2.45, 2.75) is 31.2 Å². The quantitative estimate of drug-likeness (QED) is 0.866. The van der Waals surface area contributed by atoms with Crippen LogP contribution in [0.3, 0.4) is 0 Å². The van der Waals surface area contributed by atoms with Crippen molar-refractivity contribution < 1.29 is 0 Å². The van der Waals surface area contributed by atoms with Gasteiger partial charge in [0.05, 0.1) is 0 Å². The highest BCUT2D eigenvalue weighted by Crippen LogP contribution is 2.26. The molecule has 0 spiro atoms. The van der Waals surface area contributed by atoms with Crippen LogP contribution in [-0.2, 0) is 5.41 Å². The molecule has 0 radical (unpaired) electrons. The van der Waals surface area contributed by atoms with Crippen LogP contribution >= 0.6 is 0 Å². The summed E-state index contributed by atoms with van der Waals surface area (Å²) in [4.78, 5) is 5.02. The number of hydrogen-bond donors (Lipinski definition) is 1. The molecule has 1 heterocycles. The van der Waals surface area contributed by atoms with Crippen LogP contribution in [0.5, 0.6) is 0 Å². The zero-order chi connectivity index (χ0) is 15.3. The minimum Gasteiger partial charge on any atom is -0.319 e. The summed E-state index contributed by atoms with van der Waals surface area (Å²) in [6, 6.07) is 11.7. The van der Waals surface area contributed by atoms with Crippen molar-refractivity contribution in [1.29, 1.82) is 0 Å². The molecule has 3 nitrogen and oxygen atoms in total. The van der Waals surface area contributed by atoms with Gasteiger partial charge in [0.15, 0.2) is 0 Å². The molecule has 2 rings (SSSR count). The number of likely N-dealkylation sites (N-methyl/N-ethyl adjacent to an activating group) is 1. The largest absolute Gasteiger partial charge is 0.319 e. The fourth-order valence-electron chi connectivity index (χ4n) is 3.57. The molecule has 118 valence electrons. The summed E-state index contributed by atoms with van der Waals surface area (Å²) >= 11 is 0. The smallest absolute Gasteiger partial charge is 0.0176 e. The van der Waals surface area contributed by atoms with Crippen LogP contribution < -0.4 is 5.32 Å². The summed E-state index contributed by atoms with van der Waals surface area (Å²) in [6.07, 6.45) is 2.58. The van der Waals surface area contributed by atoms with Crippen LogP contribution in [0, 0.1) is 0 Å². The molecule has 1 saturated heterocycles. The minimum absolute atomic E-state index is 0.182. The van der Waals surface area contributed by atoms with Crippen LogP contribution in [-0.4, -0.2) is 63.2 Å². The van der Waals surface area contributed by atoms with Gasteiger partial charge >= 0.3 is 0 Å². The summed E-state index contributed by atoms with van der Waals surface area (Å²) in [5.41, 5.74) is 1.62. The van der Waals surface area contributed by atoms with Crippen molar-refractivity contribution in [3.05, 3.63) is 35.9 Å². The Morgan fingerprint density at radius 1 is 1.19 bits per heavy atom. The number of piperidine rings is 1. The number of nitrogens with one attached hydrogen (secondary N) is 1. The number of likely N-dealkylation sites (tertiary alicyclic amines) is 1. The summed E-state index contributed by atoms with van der Waals surface area (Å²) in [5.74, 6) is 0. The van der Waals surface area contributed by atoms with Crippen LogP contribution in [0.25, 0.3) is 0 Å². The van der Waals surface area contributed by atoms with E-state index in [-0.39, 0.29) is 5.41 Å². The average molecular weight is 289 g/mol. The molecule has 1 N–H and O–H groups in total. The first kappa shape index (κ1) is 16.5. The van der Waals surface area contributed by atoms with E-state index < -0.39 is 0 Å². The van der Waals surface area contributed by atoms with Gasteiger partial charge in [0.1, 0.15) is 0 Å². The van der Waals surface area contributed by atoms with E-state index in [9.17, 15) is 0 Å². The Labute approximate surface area is 130 Å². The first-order valence-corrected chi connectivity index (χ1v) is 8.14. The van der Waals surface area contributed by atoms with Gasteiger partial charge in [-0.15, -0.1) is 0 Å². The van der Waals surface area contributed by atoms with Gasteiger partial charge in [-0.3, -0.25) is 0 Å². The summed E-state index contributed by atoms with van der Waals surface area (Å²) in [5, 5.41) is 3.39. The van der Waals surface area contributed by atoms with Gasteiger partial charge < -0.3 is 15.1 Å². The van der Waals surface area contributed by atoms with Gasteiger partial charge in [0, 0.05) is 24.5 Å². The number of benzene rings is 1. The lowest BCUT2D eigenvalue weighted by Crippen LogP contribution is -2.49. The molecule has 3 heteroatoms. The molecular formula is C18H31N3. The van der Waals surface area contributed by atoms with Crippen molar-refractivity contribution in [2.75, 3.05) is 47.3 Å². The molecule has 0 aliphatic carbocycles. The second kappa shape index (κ2) is 7.39. The summed E-state index contributed by atoms with van der Waals surface area (Å²) in [7, 11) is 6.46. The Kier molecular flexibility index (Phi) is 5.80. The van der Waals surface area contributed by atoms with Gasteiger partial charge in [0.25, 0.3) is 0 Å². The van der Waals surface area contributed by atoms with Gasteiger partial charge in [-0.1, -0.05) is 37.3 Å². The zero-order valence-corrected chi connectivity index (χ0v) is 14.1. The third-order valence-corrected chi connectivity index (χ3v) is 4.90. The van der Waals surface area contributed by atoms with Gasteiger partial charge in [0.2, 0.25) is 0 Å². The molecule has 21 heavy (non-hydrogen) atoms. The normalized spacial score (nSPS) is 20.6. The Morgan fingerprint density at radius 2 is 1.81 bits per heavy atom. The first-order chi connectivity index (χ1) is 10.0. The van der Waals surface area contributed by atoms with Crippen molar-refractivity contribution in [3.63, 3.8) is 0 Å². The Balaban J connectivity index is 2.01. The first-order valence-electron chi connectivity index (χ1n) is 8.14. The van der Waals surface area contributed by atoms with Crippen LogP contribution in [0.4, 0.5) is 0 Å². The maximum atomic E-state index is 3.39. The molecule has 1 atom stereocenters. The van der Waals surface area contributed by atoms with Crippen molar-refractivity contribution in [2.24, 2.45) is 0 Å². The fraction of sp³-hybridized carbons (Fsp3) is 0.667. The van der Waals surface area contributed by atoms with Crippen LogP contribution in [0.2, 0.25) is 0 Å². The molecule has 0 aromatic heterocycles. The Hall–Kier alpha value is -0.900. The predicted octanol–water partition coefficient (Wildman–Crippen LogP) is 2.19. The van der Waals surface area contributed by atoms with Crippen LogP contribution in [0.1, 0.15) is 25.3 Å². The molecule has 1 aliphatic heterocycles. The van der Waals surface area contributed by atoms with E-state index in [1.165, 1.54) is 31.5 Å². The van der Waals surface area contributed by atoms with E-state index in [0.717, 1.165) is 19.1 Å². The lowest BCUT2D eigenvalue weighted by atomic mass is 9.81. The molecule has 0 amide bonds. The second-order valence-electron chi connectivity index (χ2n) is 6.93. The minimum atomic E-state index is 0.182. The van der Waals surface area contributed by atoms with Crippen molar-refractivity contribution >= 4 is 0 Å². The van der Waals surface area contributed by atoms with Gasteiger partial charge in [-0.25, -0.2) is 0 Å². The van der Waals surface area contributed by atoms with Gasteiger partial charge in [-0.2, -0.15) is 0 Å². The molecule has 1 aromatic rings. The van der Waals surface area contributed by atoms with Crippen LogP contribution in [0.15, 0.2) is 30.3 Å². The Morgan fingerprint density at radius 3 is 2.33 bits per heavy atom. The predicted molar refractivity (Wildman–Crippen MR) is 90.9 cm³/mol. The standard InChI is InChI=1S/C18H31N3/c1-18(14-19-2,16-8-6-5-7-9-16)15-21-12-10-17(11-13-21)20(3)4/h5-9,17,19H,10-15H2,1-4H3. The molecule has 1 aliphatic rings. The maximum Gasteiger partial charge on any atom is 0.0176 e. The van der Waals surface area contributed by atoms with E-state index in [0.29, 0.717) is 0 Å². The van der Waals surface area contributed by atoms with Crippen molar-refractivity contribution in [1.82, 2.24) is 15.1 Å². The van der Waals surface area contributed by atoms with E-state index in [1.54, 1.807) is 0 Å². The number of rotatable bonds is 6.